The Labute approximate surface area is 161 Å². The van der Waals surface area contributed by atoms with Crippen molar-refractivity contribution in [2.24, 2.45) is 0 Å². The van der Waals surface area contributed by atoms with E-state index in [1.54, 1.807) is 11.3 Å². The Hall–Kier alpha value is -3.18. The standard InChI is InChI=1S/C22H19N3OS/c26-21(14-15-22-25-19-8-4-5-9-20(19)27-22)24-18-12-10-17(11-13-18)23-16-6-2-1-3-7-16/h1-13,23H,14-15H2,(H,24,26). The van der Waals surface area contributed by atoms with Gasteiger partial charge in [-0.3, -0.25) is 4.79 Å². The molecule has 0 aliphatic rings. The minimum atomic E-state index is -0.00183. The van der Waals surface area contributed by atoms with Gasteiger partial charge in [0.25, 0.3) is 0 Å². The summed E-state index contributed by atoms with van der Waals surface area (Å²) >= 11 is 1.65. The van der Waals surface area contributed by atoms with E-state index in [4.69, 9.17) is 0 Å². The molecular formula is C22H19N3OS. The highest BCUT2D eigenvalue weighted by Gasteiger charge is 2.07. The third-order valence-corrected chi connectivity index (χ3v) is 5.23. The molecule has 0 saturated heterocycles. The molecule has 1 aromatic heterocycles. The predicted octanol–water partition coefficient (Wildman–Crippen LogP) is 5.61. The van der Waals surface area contributed by atoms with E-state index in [1.165, 1.54) is 0 Å². The number of nitrogens with zero attached hydrogens (tertiary/aromatic N) is 1. The lowest BCUT2D eigenvalue weighted by Crippen LogP contribution is -2.12. The zero-order valence-electron chi connectivity index (χ0n) is 14.7. The van der Waals surface area contributed by atoms with Crippen LogP contribution in [0.5, 0.6) is 0 Å². The fourth-order valence-electron chi connectivity index (χ4n) is 2.80. The molecule has 4 nitrogen and oxygen atoms in total. The van der Waals surface area contributed by atoms with E-state index in [1.807, 2.05) is 72.8 Å². The summed E-state index contributed by atoms with van der Waals surface area (Å²) in [6, 6.07) is 25.7. The Bertz CT molecular complexity index is 1010. The molecule has 0 aliphatic carbocycles. The molecule has 2 N–H and O–H groups in total. The third kappa shape index (κ3) is 4.51. The fourth-order valence-corrected chi connectivity index (χ4v) is 3.76. The van der Waals surface area contributed by atoms with E-state index in [0.717, 1.165) is 32.3 Å². The zero-order valence-corrected chi connectivity index (χ0v) is 15.5. The minimum Gasteiger partial charge on any atom is -0.356 e. The summed E-state index contributed by atoms with van der Waals surface area (Å²) in [5.74, 6) is -0.00183. The van der Waals surface area contributed by atoms with Crippen molar-refractivity contribution < 1.29 is 4.79 Å². The number of amides is 1. The Morgan fingerprint density at radius 3 is 2.26 bits per heavy atom. The summed E-state index contributed by atoms with van der Waals surface area (Å²) in [7, 11) is 0. The Morgan fingerprint density at radius 2 is 1.48 bits per heavy atom. The molecule has 1 heterocycles. The smallest absolute Gasteiger partial charge is 0.224 e. The number of para-hydroxylation sites is 2. The maximum absolute atomic E-state index is 12.2. The van der Waals surface area contributed by atoms with Crippen molar-refractivity contribution in [2.45, 2.75) is 12.8 Å². The summed E-state index contributed by atoms with van der Waals surface area (Å²) in [6.07, 6.45) is 1.07. The van der Waals surface area contributed by atoms with Crippen LogP contribution < -0.4 is 10.6 Å². The van der Waals surface area contributed by atoms with E-state index < -0.39 is 0 Å². The second kappa shape index (κ2) is 8.01. The zero-order chi connectivity index (χ0) is 18.5. The Kier molecular flexibility index (Phi) is 5.12. The number of anilines is 3. The largest absolute Gasteiger partial charge is 0.356 e. The highest BCUT2D eigenvalue weighted by Crippen LogP contribution is 2.23. The monoisotopic (exact) mass is 373 g/mol. The van der Waals surface area contributed by atoms with Gasteiger partial charge in [-0.25, -0.2) is 4.98 Å². The van der Waals surface area contributed by atoms with Crippen LogP contribution in [0.2, 0.25) is 0 Å². The van der Waals surface area contributed by atoms with Crippen molar-refractivity contribution in [3.05, 3.63) is 83.9 Å². The number of benzene rings is 3. The summed E-state index contributed by atoms with van der Waals surface area (Å²) in [4.78, 5) is 16.8. The van der Waals surface area contributed by atoms with Gasteiger partial charge in [-0.05, 0) is 48.5 Å². The second-order valence-electron chi connectivity index (χ2n) is 6.19. The van der Waals surface area contributed by atoms with Gasteiger partial charge in [-0.15, -0.1) is 11.3 Å². The van der Waals surface area contributed by atoms with Gasteiger partial charge in [0.1, 0.15) is 0 Å². The van der Waals surface area contributed by atoms with E-state index in [9.17, 15) is 4.79 Å². The first kappa shape index (κ1) is 17.2. The van der Waals surface area contributed by atoms with Gasteiger partial charge in [0, 0.05) is 29.9 Å². The summed E-state index contributed by atoms with van der Waals surface area (Å²) in [6.45, 7) is 0. The third-order valence-electron chi connectivity index (χ3n) is 4.14. The van der Waals surface area contributed by atoms with Gasteiger partial charge in [-0.1, -0.05) is 30.3 Å². The molecule has 0 radical (unpaired) electrons. The van der Waals surface area contributed by atoms with Crippen LogP contribution in [0.4, 0.5) is 17.1 Å². The van der Waals surface area contributed by atoms with E-state index in [-0.39, 0.29) is 5.91 Å². The number of nitrogens with one attached hydrogen (secondary N) is 2. The van der Waals surface area contributed by atoms with E-state index >= 15 is 0 Å². The molecule has 0 spiro atoms. The number of aryl methyl sites for hydroxylation is 1. The molecule has 27 heavy (non-hydrogen) atoms. The number of thiazole rings is 1. The number of rotatable bonds is 6. The number of hydrogen-bond donors (Lipinski definition) is 2. The van der Waals surface area contributed by atoms with Gasteiger partial charge in [0.2, 0.25) is 5.91 Å². The molecule has 3 aromatic carbocycles. The normalized spacial score (nSPS) is 10.7. The van der Waals surface area contributed by atoms with Crippen LogP contribution in [0.3, 0.4) is 0 Å². The van der Waals surface area contributed by atoms with Crippen LogP contribution in [0.25, 0.3) is 10.2 Å². The molecule has 1 amide bonds. The van der Waals surface area contributed by atoms with Crippen LogP contribution in [0, 0.1) is 0 Å². The quantitative estimate of drug-likeness (QED) is 0.462. The number of carbonyl (C=O) groups excluding carboxylic acids is 1. The summed E-state index contributed by atoms with van der Waals surface area (Å²) in [5.41, 5.74) is 3.81. The molecule has 4 rings (SSSR count). The minimum absolute atomic E-state index is 0.00183. The molecule has 0 bridgehead atoms. The molecule has 0 atom stereocenters. The van der Waals surface area contributed by atoms with Gasteiger partial charge in [-0.2, -0.15) is 0 Å². The molecule has 0 fully saturated rings. The molecule has 0 saturated carbocycles. The van der Waals surface area contributed by atoms with Gasteiger partial charge in [0.05, 0.1) is 15.2 Å². The van der Waals surface area contributed by atoms with Crippen LogP contribution in [-0.4, -0.2) is 10.9 Å². The molecule has 0 unspecified atom stereocenters. The summed E-state index contributed by atoms with van der Waals surface area (Å²) < 4.78 is 1.16. The molecule has 134 valence electrons. The average Bonchev–Trinajstić information content (AvgIpc) is 3.12. The molecule has 5 heteroatoms. The van der Waals surface area contributed by atoms with Crippen molar-refractivity contribution >= 4 is 44.5 Å². The highest BCUT2D eigenvalue weighted by atomic mass is 32.1. The van der Waals surface area contributed by atoms with Crippen molar-refractivity contribution in [2.75, 3.05) is 10.6 Å². The first-order valence-corrected chi connectivity index (χ1v) is 9.64. The van der Waals surface area contributed by atoms with Gasteiger partial charge < -0.3 is 10.6 Å². The van der Waals surface area contributed by atoms with Crippen LogP contribution in [0.15, 0.2) is 78.9 Å². The first-order chi connectivity index (χ1) is 13.3. The number of carbonyl (C=O) groups is 1. The molecule has 4 aromatic rings. The topological polar surface area (TPSA) is 54.0 Å². The lowest BCUT2D eigenvalue weighted by atomic mass is 10.2. The van der Waals surface area contributed by atoms with Crippen LogP contribution in [-0.2, 0) is 11.2 Å². The van der Waals surface area contributed by atoms with Gasteiger partial charge in [0.15, 0.2) is 0 Å². The average molecular weight is 373 g/mol. The predicted molar refractivity (Wildman–Crippen MR) is 113 cm³/mol. The van der Waals surface area contributed by atoms with E-state index in [2.05, 4.69) is 21.7 Å². The Balaban J connectivity index is 1.31. The SMILES string of the molecule is O=C(CCc1nc2ccccc2s1)Nc1ccc(Nc2ccccc2)cc1. The maximum atomic E-state index is 12.2. The number of fused-ring (bicyclic) bond motifs is 1. The molecule has 0 aliphatic heterocycles. The lowest BCUT2D eigenvalue weighted by molar-refractivity contribution is -0.116. The number of hydrogen-bond acceptors (Lipinski definition) is 4. The Morgan fingerprint density at radius 1 is 0.815 bits per heavy atom. The molecular weight excluding hydrogens is 354 g/mol. The summed E-state index contributed by atoms with van der Waals surface area (Å²) in [5, 5.41) is 7.27. The van der Waals surface area contributed by atoms with Crippen molar-refractivity contribution in [3.8, 4) is 0 Å². The van der Waals surface area contributed by atoms with Crippen LogP contribution >= 0.6 is 11.3 Å². The van der Waals surface area contributed by atoms with Crippen molar-refractivity contribution in [3.63, 3.8) is 0 Å². The van der Waals surface area contributed by atoms with Crippen molar-refractivity contribution in [1.29, 1.82) is 0 Å². The first-order valence-electron chi connectivity index (χ1n) is 8.83. The lowest BCUT2D eigenvalue weighted by Gasteiger charge is -2.08. The highest BCUT2D eigenvalue weighted by molar-refractivity contribution is 7.18. The number of aromatic nitrogens is 1. The van der Waals surface area contributed by atoms with Crippen molar-refractivity contribution in [1.82, 2.24) is 4.98 Å². The maximum Gasteiger partial charge on any atom is 0.224 e. The van der Waals surface area contributed by atoms with Crippen LogP contribution in [0.1, 0.15) is 11.4 Å². The van der Waals surface area contributed by atoms with E-state index in [0.29, 0.717) is 12.8 Å². The second-order valence-corrected chi connectivity index (χ2v) is 7.31. The van der Waals surface area contributed by atoms with Gasteiger partial charge >= 0.3 is 0 Å². The fraction of sp³-hybridized carbons (Fsp3) is 0.0909.